The molecule has 60 heavy (non-hydrogen) atoms. The predicted octanol–water partition coefficient (Wildman–Crippen LogP) is 7.72. The Hall–Kier alpha value is -2.13. The zero-order valence-corrected chi connectivity index (χ0v) is 38.8. The second kappa shape index (κ2) is 18.5. The van der Waals surface area contributed by atoms with Gasteiger partial charge >= 0.3 is 12.1 Å². The van der Waals surface area contributed by atoms with Gasteiger partial charge in [0.15, 0.2) is 11.9 Å². The van der Waals surface area contributed by atoms with E-state index in [-0.39, 0.29) is 29.6 Å². The lowest BCUT2D eigenvalue weighted by Gasteiger charge is -2.54. The lowest BCUT2D eigenvalue weighted by molar-refractivity contribution is -0.408. The number of carbonyl (C=O) groups is 3. The topological polar surface area (TPSA) is 179 Å². The number of aliphatic carboxylic acids is 1. The summed E-state index contributed by atoms with van der Waals surface area (Å²) in [6.45, 7) is 25.2. The maximum atomic E-state index is 14.6. The van der Waals surface area contributed by atoms with E-state index in [2.05, 4.69) is 26.1 Å². The first-order chi connectivity index (χ1) is 27.9. The number of amides is 1. The number of carboxylic acids is 1. The van der Waals surface area contributed by atoms with Crippen molar-refractivity contribution in [2.24, 2.45) is 41.4 Å². The number of nitrogens with one attached hydrogen (secondary N) is 1. The second-order valence-electron chi connectivity index (χ2n) is 20.7. The second-order valence-corrected chi connectivity index (χ2v) is 20.7. The molecule has 5 heterocycles. The van der Waals surface area contributed by atoms with Crippen molar-refractivity contribution in [3.63, 3.8) is 0 Å². The first-order valence-electron chi connectivity index (χ1n) is 23.1. The summed E-state index contributed by atoms with van der Waals surface area (Å²) in [5, 5.41) is 35.8. The number of ketones is 1. The molecule has 5 aliphatic heterocycles. The molecule has 0 aromatic carbocycles. The Bertz CT molecular complexity index is 1550. The van der Waals surface area contributed by atoms with E-state index in [0.29, 0.717) is 57.8 Å². The van der Waals surface area contributed by atoms with E-state index in [4.69, 9.17) is 28.4 Å². The van der Waals surface area contributed by atoms with E-state index in [1.165, 1.54) is 0 Å². The van der Waals surface area contributed by atoms with Crippen LogP contribution >= 0.6 is 0 Å². The molecule has 4 saturated heterocycles. The SMILES string of the molecule is CC[C@@H](C(=O)[C@@H](C)[C@@H](O)[C@H](C)[C@@H]1O[C@@H]([C@@H](CC)C(=O)O)CC[C@@H]1C)[C@H]1O[C@]2(C=C[C@@H](OC(=O)NC(C)(C)C)[C@]3(CC[C@@](C)([C@H]4CC[C@](O)(CC)[C@H](C)O4)O3)O2)[C@H](C)C[C@@H]1C. The lowest BCUT2D eigenvalue weighted by atomic mass is 9.72. The highest BCUT2D eigenvalue weighted by atomic mass is 16.8. The maximum absolute atomic E-state index is 14.6. The highest BCUT2D eigenvalue weighted by molar-refractivity contribution is 5.84. The standard InChI is InChI=1S/C47H79NO12/c1-14-32(41(51)52)34-18-17-26(4)39(56-34)30(8)37(49)29(7)38(50)33(15-2)40-27(5)25-28(6)46(58-40)22-20-36(57-42(53)48-43(10,11)12)47(60-46)24-23-44(13,59-47)35-19-21-45(54,16-3)31(9)55-35/h20,22,26-37,39-40,49,54H,14-19,21,23-25H2,1-13H3,(H,48,53)(H,51,52)/t26-,27-,28+,29-,30-,31-,32+,33-,34+,35+,36+,37+,39+,40-,44-,45+,46-,47-/m0/s1. The summed E-state index contributed by atoms with van der Waals surface area (Å²) in [7, 11) is 0. The minimum atomic E-state index is -1.44. The Morgan fingerprint density at radius 2 is 1.57 bits per heavy atom. The van der Waals surface area contributed by atoms with Crippen molar-refractivity contribution >= 4 is 17.8 Å². The Balaban J connectivity index is 1.40. The molecule has 0 aliphatic carbocycles. The zero-order valence-electron chi connectivity index (χ0n) is 38.8. The average molecular weight is 850 g/mol. The molecule has 4 fully saturated rings. The molecule has 1 amide bonds. The molecule has 5 rings (SSSR count). The van der Waals surface area contributed by atoms with Crippen LogP contribution in [0.15, 0.2) is 12.2 Å². The quantitative estimate of drug-likeness (QED) is 0.133. The minimum Gasteiger partial charge on any atom is -0.481 e. The Morgan fingerprint density at radius 3 is 2.15 bits per heavy atom. The fourth-order valence-electron chi connectivity index (χ4n) is 11.1. The van der Waals surface area contributed by atoms with Crippen LogP contribution < -0.4 is 5.32 Å². The largest absolute Gasteiger partial charge is 0.481 e. The van der Waals surface area contributed by atoms with Crippen molar-refractivity contribution in [1.29, 1.82) is 0 Å². The molecule has 0 unspecified atom stereocenters. The Morgan fingerprint density at radius 1 is 0.900 bits per heavy atom. The smallest absolute Gasteiger partial charge is 0.408 e. The third-order valence-electron chi connectivity index (χ3n) is 15.1. The van der Waals surface area contributed by atoms with E-state index < -0.39 is 101 Å². The number of alkyl carbamates (subject to hydrolysis) is 1. The molecule has 344 valence electrons. The van der Waals surface area contributed by atoms with E-state index in [0.717, 1.165) is 6.42 Å². The van der Waals surface area contributed by atoms with Crippen LogP contribution in [0.1, 0.15) is 154 Å². The van der Waals surface area contributed by atoms with Crippen LogP contribution in [-0.2, 0) is 38.0 Å². The number of hydrogen-bond acceptors (Lipinski definition) is 11. The van der Waals surface area contributed by atoms with Gasteiger partial charge in [-0.1, -0.05) is 55.4 Å². The molecular formula is C47H79NO12. The Kier molecular flexibility index (Phi) is 15.1. The van der Waals surface area contributed by atoms with Crippen LogP contribution in [0.2, 0.25) is 0 Å². The first-order valence-corrected chi connectivity index (χ1v) is 23.1. The van der Waals surface area contributed by atoms with Crippen LogP contribution in [0, 0.1) is 41.4 Å². The van der Waals surface area contributed by atoms with Gasteiger partial charge in [-0.3, -0.25) is 9.59 Å². The third kappa shape index (κ3) is 9.82. The zero-order chi connectivity index (χ0) is 44.7. The van der Waals surface area contributed by atoms with Gasteiger partial charge in [-0.2, -0.15) is 0 Å². The van der Waals surface area contributed by atoms with Gasteiger partial charge in [-0.15, -0.1) is 0 Å². The van der Waals surface area contributed by atoms with E-state index in [1.807, 2.05) is 74.5 Å². The molecule has 5 aliphatic rings. The van der Waals surface area contributed by atoms with Crippen molar-refractivity contribution < 1.29 is 58.1 Å². The molecule has 0 bridgehead atoms. The molecule has 0 radical (unpaired) electrons. The fourth-order valence-corrected chi connectivity index (χ4v) is 11.1. The summed E-state index contributed by atoms with van der Waals surface area (Å²) in [5.74, 6) is -6.23. The Labute approximate surface area is 359 Å². The van der Waals surface area contributed by atoms with Crippen LogP contribution in [-0.4, -0.2) is 104 Å². The van der Waals surface area contributed by atoms with Crippen LogP contribution in [0.4, 0.5) is 4.79 Å². The average Bonchev–Trinajstić information content (AvgIpc) is 3.52. The van der Waals surface area contributed by atoms with Gasteiger partial charge in [-0.05, 0) is 116 Å². The van der Waals surface area contributed by atoms with E-state index >= 15 is 0 Å². The predicted molar refractivity (Wildman–Crippen MR) is 226 cm³/mol. The van der Waals surface area contributed by atoms with Gasteiger partial charge in [0.25, 0.3) is 0 Å². The van der Waals surface area contributed by atoms with Crippen LogP contribution in [0.3, 0.4) is 0 Å². The number of rotatable bonds is 13. The van der Waals surface area contributed by atoms with Crippen molar-refractivity contribution in [1.82, 2.24) is 5.32 Å². The maximum Gasteiger partial charge on any atom is 0.408 e. The molecule has 18 atom stereocenters. The minimum absolute atomic E-state index is 0.0329. The van der Waals surface area contributed by atoms with Gasteiger partial charge in [0, 0.05) is 35.6 Å². The van der Waals surface area contributed by atoms with Crippen LogP contribution in [0.5, 0.6) is 0 Å². The summed E-state index contributed by atoms with van der Waals surface area (Å²) in [5.41, 5.74) is -2.30. The van der Waals surface area contributed by atoms with Crippen molar-refractivity contribution in [2.45, 2.75) is 225 Å². The number of aliphatic hydroxyl groups is 2. The van der Waals surface area contributed by atoms with Crippen molar-refractivity contribution in [2.75, 3.05) is 0 Å². The summed E-state index contributed by atoms with van der Waals surface area (Å²) in [6.07, 6.45) is 4.58. The highest BCUT2D eigenvalue weighted by Crippen LogP contribution is 2.54. The number of Topliss-reactive ketones (excluding diaryl/α,β-unsaturated/α-hetero) is 1. The summed E-state index contributed by atoms with van der Waals surface area (Å²) in [6, 6.07) is 0. The van der Waals surface area contributed by atoms with Crippen molar-refractivity contribution in [3.8, 4) is 0 Å². The van der Waals surface area contributed by atoms with Crippen molar-refractivity contribution in [3.05, 3.63) is 12.2 Å². The molecule has 0 aromatic heterocycles. The number of aliphatic hydroxyl groups excluding tert-OH is 1. The first kappa shape index (κ1) is 48.9. The number of carbonyl (C=O) groups excluding carboxylic acids is 2. The molecule has 13 heteroatoms. The summed E-state index contributed by atoms with van der Waals surface area (Å²) < 4.78 is 40.4. The lowest BCUT2D eigenvalue weighted by Crippen LogP contribution is -2.64. The molecule has 2 spiro atoms. The van der Waals surface area contributed by atoms with Gasteiger partial charge in [0.05, 0.1) is 53.7 Å². The molecular weight excluding hydrogens is 771 g/mol. The van der Waals surface area contributed by atoms with E-state index in [1.54, 1.807) is 6.92 Å². The number of ether oxygens (including phenoxy) is 6. The normalized spacial score (nSPS) is 42.3. The third-order valence-corrected chi connectivity index (χ3v) is 15.1. The van der Waals surface area contributed by atoms with Crippen LogP contribution in [0.25, 0.3) is 0 Å². The van der Waals surface area contributed by atoms with Gasteiger partial charge < -0.3 is 49.1 Å². The van der Waals surface area contributed by atoms with E-state index in [9.17, 15) is 29.7 Å². The number of hydrogen-bond donors (Lipinski definition) is 4. The highest BCUT2D eigenvalue weighted by Gasteiger charge is 2.64. The summed E-state index contributed by atoms with van der Waals surface area (Å²) >= 11 is 0. The molecule has 0 aromatic rings. The van der Waals surface area contributed by atoms with Gasteiger partial charge in [0.1, 0.15) is 5.78 Å². The molecule has 0 saturated carbocycles. The molecule has 13 nitrogen and oxygen atoms in total. The summed E-state index contributed by atoms with van der Waals surface area (Å²) in [4.78, 5) is 40.0. The molecule has 4 N–H and O–H groups in total. The monoisotopic (exact) mass is 850 g/mol. The number of carboxylic acid groups (broad SMARTS) is 1. The van der Waals surface area contributed by atoms with Gasteiger partial charge in [-0.25, -0.2) is 4.79 Å². The fraction of sp³-hybridized carbons (Fsp3) is 0.894. The van der Waals surface area contributed by atoms with Gasteiger partial charge in [0.2, 0.25) is 5.79 Å².